The number of benzene rings is 1. The molecular formula is C22H25N3O5. The minimum atomic E-state index is -0.775. The molecule has 3 rings (SSSR count). The summed E-state index contributed by atoms with van der Waals surface area (Å²) in [4.78, 5) is 42.0. The Morgan fingerprint density at radius 3 is 2.47 bits per heavy atom. The fourth-order valence-corrected chi connectivity index (χ4v) is 3.27. The van der Waals surface area contributed by atoms with E-state index in [1.807, 2.05) is 4.90 Å². The molecule has 0 bridgehead atoms. The van der Waals surface area contributed by atoms with Gasteiger partial charge in [-0.15, -0.1) is 0 Å². The molecular weight excluding hydrogens is 386 g/mol. The first kappa shape index (κ1) is 21.3. The third-order valence-electron chi connectivity index (χ3n) is 4.94. The van der Waals surface area contributed by atoms with Crippen LogP contribution in [0.1, 0.15) is 40.5 Å². The first-order valence-electron chi connectivity index (χ1n) is 9.99. The van der Waals surface area contributed by atoms with Crippen LogP contribution in [0.2, 0.25) is 0 Å². The predicted molar refractivity (Wildman–Crippen MR) is 109 cm³/mol. The molecule has 0 unspecified atom stereocenters. The van der Waals surface area contributed by atoms with E-state index in [9.17, 15) is 14.4 Å². The highest BCUT2D eigenvalue weighted by molar-refractivity contribution is 5.94. The molecule has 8 heteroatoms. The summed E-state index contributed by atoms with van der Waals surface area (Å²) in [6.07, 6.45) is 4.12. The van der Waals surface area contributed by atoms with Crippen molar-refractivity contribution in [1.82, 2.24) is 15.2 Å². The lowest BCUT2D eigenvalue weighted by Gasteiger charge is -2.32. The minimum Gasteiger partial charge on any atom is -0.434 e. The van der Waals surface area contributed by atoms with Crippen LogP contribution in [0.15, 0.2) is 48.8 Å². The van der Waals surface area contributed by atoms with Crippen LogP contribution < -0.4 is 10.1 Å². The monoisotopic (exact) mass is 411 g/mol. The van der Waals surface area contributed by atoms with E-state index in [4.69, 9.17) is 9.47 Å². The van der Waals surface area contributed by atoms with Crippen molar-refractivity contribution in [1.29, 1.82) is 0 Å². The number of carbonyl (C=O) groups excluding carboxylic acids is 3. The summed E-state index contributed by atoms with van der Waals surface area (Å²) >= 11 is 0. The van der Waals surface area contributed by atoms with Crippen LogP contribution in [0.3, 0.4) is 0 Å². The van der Waals surface area contributed by atoms with Gasteiger partial charge >= 0.3 is 6.16 Å². The third kappa shape index (κ3) is 5.79. The molecule has 0 radical (unpaired) electrons. The summed E-state index contributed by atoms with van der Waals surface area (Å²) in [5.41, 5.74) is 1.08. The fourth-order valence-electron chi connectivity index (χ4n) is 3.27. The van der Waals surface area contributed by atoms with Crippen molar-refractivity contribution in [2.45, 2.75) is 19.8 Å². The molecule has 1 aliphatic heterocycles. The molecule has 2 amide bonds. The molecule has 30 heavy (non-hydrogen) atoms. The standard InChI is InChI=1S/C22H25N3O5/c1-2-29-22(28)30-19-7-5-17(6-8-19)20(26)24-14-16-9-12-25(13-10-16)21(27)18-4-3-11-23-15-18/h3-8,11,15-16H,2,9-10,12-14H2,1H3,(H,24,26). The maximum Gasteiger partial charge on any atom is 0.513 e. The average Bonchev–Trinajstić information content (AvgIpc) is 2.78. The van der Waals surface area contributed by atoms with Crippen molar-refractivity contribution in [3.05, 3.63) is 59.9 Å². The van der Waals surface area contributed by atoms with E-state index in [2.05, 4.69) is 10.3 Å². The largest absolute Gasteiger partial charge is 0.513 e. The average molecular weight is 411 g/mol. The number of nitrogens with one attached hydrogen (secondary N) is 1. The highest BCUT2D eigenvalue weighted by atomic mass is 16.7. The Hall–Kier alpha value is -3.42. The number of nitrogens with zero attached hydrogens (tertiary/aromatic N) is 2. The zero-order chi connectivity index (χ0) is 21.3. The van der Waals surface area contributed by atoms with Gasteiger partial charge in [-0.3, -0.25) is 14.6 Å². The number of amides is 2. The zero-order valence-corrected chi connectivity index (χ0v) is 16.9. The third-order valence-corrected chi connectivity index (χ3v) is 4.94. The quantitative estimate of drug-likeness (QED) is 0.580. The number of likely N-dealkylation sites (tertiary alicyclic amines) is 1. The molecule has 0 saturated carbocycles. The van der Waals surface area contributed by atoms with Crippen molar-refractivity contribution >= 4 is 18.0 Å². The predicted octanol–water partition coefficient (Wildman–Crippen LogP) is 2.90. The van der Waals surface area contributed by atoms with E-state index >= 15 is 0 Å². The molecule has 1 fully saturated rings. The van der Waals surface area contributed by atoms with Crippen LogP contribution in [0.4, 0.5) is 4.79 Å². The lowest BCUT2D eigenvalue weighted by Crippen LogP contribution is -2.41. The number of hydrogen-bond acceptors (Lipinski definition) is 6. The van der Waals surface area contributed by atoms with Gasteiger partial charge < -0.3 is 19.7 Å². The fraction of sp³-hybridized carbons (Fsp3) is 0.364. The minimum absolute atomic E-state index is 0.00397. The van der Waals surface area contributed by atoms with Gasteiger partial charge in [0.05, 0.1) is 12.2 Å². The van der Waals surface area contributed by atoms with Crippen molar-refractivity contribution in [2.75, 3.05) is 26.2 Å². The van der Waals surface area contributed by atoms with Crippen molar-refractivity contribution < 1.29 is 23.9 Å². The Morgan fingerprint density at radius 2 is 1.83 bits per heavy atom. The van der Waals surface area contributed by atoms with Crippen LogP contribution in [-0.2, 0) is 4.74 Å². The molecule has 1 N–H and O–H groups in total. The molecule has 1 aromatic carbocycles. The molecule has 1 aliphatic rings. The summed E-state index contributed by atoms with van der Waals surface area (Å²) in [6, 6.07) is 9.82. The van der Waals surface area contributed by atoms with Crippen molar-refractivity contribution in [3.63, 3.8) is 0 Å². The van der Waals surface area contributed by atoms with Gasteiger partial charge in [-0.05, 0) is 62.1 Å². The molecule has 8 nitrogen and oxygen atoms in total. The molecule has 1 aromatic heterocycles. The Morgan fingerprint density at radius 1 is 1.10 bits per heavy atom. The van der Waals surface area contributed by atoms with Gasteiger partial charge in [-0.25, -0.2) is 4.79 Å². The van der Waals surface area contributed by atoms with Crippen LogP contribution >= 0.6 is 0 Å². The number of carbonyl (C=O) groups is 3. The van der Waals surface area contributed by atoms with Crippen LogP contribution in [0, 0.1) is 5.92 Å². The highest BCUT2D eigenvalue weighted by Gasteiger charge is 2.24. The van der Waals surface area contributed by atoms with Gasteiger partial charge in [0, 0.05) is 37.6 Å². The van der Waals surface area contributed by atoms with E-state index in [0.29, 0.717) is 42.4 Å². The van der Waals surface area contributed by atoms with Crippen LogP contribution in [0.5, 0.6) is 5.75 Å². The van der Waals surface area contributed by atoms with E-state index in [-0.39, 0.29) is 18.4 Å². The molecule has 158 valence electrons. The second kappa shape index (κ2) is 10.4. The molecule has 0 aliphatic carbocycles. The van der Waals surface area contributed by atoms with Gasteiger partial charge in [0.2, 0.25) is 0 Å². The molecule has 2 aromatic rings. The number of hydrogen-bond donors (Lipinski definition) is 1. The number of rotatable bonds is 6. The van der Waals surface area contributed by atoms with Gasteiger partial charge in [-0.2, -0.15) is 0 Å². The van der Waals surface area contributed by atoms with E-state index in [0.717, 1.165) is 12.8 Å². The summed E-state index contributed by atoms with van der Waals surface area (Å²) in [7, 11) is 0. The van der Waals surface area contributed by atoms with Gasteiger partial charge in [0.1, 0.15) is 5.75 Å². The summed E-state index contributed by atoms with van der Waals surface area (Å²) in [6.45, 7) is 3.80. The maximum atomic E-state index is 12.5. The van der Waals surface area contributed by atoms with Crippen molar-refractivity contribution in [2.24, 2.45) is 5.92 Å². The number of ether oxygens (including phenoxy) is 2. The van der Waals surface area contributed by atoms with Gasteiger partial charge in [0.25, 0.3) is 11.8 Å². The summed E-state index contributed by atoms with van der Waals surface area (Å²) in [5, 5.41) is 2.94. The maximum absolute atomic E-state index is 12.5. The molecule has 0 spiro atoms. The van der Waals surface area contributed by atoms with Crippen LogP contribution in [-0.4, -0.2) is 54.1 Å². The lowest BCUT2D eigenvalue weighted by molar-refractivity contribution is 0.0683. The van der Waals surface area contributed by atoms with Crippen molar-refractivity contribution in [3.8, 4) is 5.75 Å². The Bertz CT molecular complexity index is 862. The normalized spacial score (nSPS) is 14.1. The lowest BCUT2D eigenvalue weighted by atomic mass is 9.96. The smallest absolute Gasteiger partial charge is 0.434 e. The number of aromatic nitrogens is 1. The number of pyridine rings is 1. The highest BCUT2D eigenvalue weighted by Crippen LogP contribution is 2.19. The second-order valence-corrected chi connectivity index (χ2v) is 7.00. The zero-order valence-electron chi connectivity index (χ0n) is 16.9. The van der Waals surface area contributed by atoms with E-state index in [1.54, 1.807) is 55.7 Å². The summed E-state index contributed by atoms with van der Waals surface area (Å²) in [5.74, 6) is 0.441. The molecule has 2 heterocycles. The van der Waals surface area contributed by atoms with E-state index < -0.39 is 6.16 Å². The van der Waals surface area contributed by atoms with Gasteiger partial charge in [0.15, 0.2) is 0 Å². The topological polar surface area (TPSA) is 97.8 Å². The Labute approximate surface area is 175 Å². The van der Waals surface area contributed by atoms with E-state index in [1.165, 1.54) is 0 Å². The Balaban J connectivity index is 1.42. The SMILES string of the molecule is CCOC(=O)Oc1ccc(C(=O)NCC2CCN(C(=O)c3cccnc3)CC2)cc1. The van der Waals surface area contributed by atoms with Crippen LogP contribution in [0.25, 0.3) is 0 Å². The second-order valence-electron chi connectivity index (χ2n) is 7.00. The molecule has 0 atom stereocenters. The first-order chi connectivity index (χ1) is 14.6. The molecule has 1 saturated heterocycles. The number of piperidine rings is 1. The van der Waals surface area contributed by atoms with Gasteiger partial charge in [-0.1, -0.05) is 0 Å². The summed E-state index contributed by atoms with van der Waals surface area (Å²) < 4.78 is 9.69. The first-order valence-corrected chi connectivity index (χ1v) is 9.99. The Kier molecular flexibility index (Phi) is 7.37.